The number of hydrogen-bond acceptors (Lipinski definition) is 4. The molecule has 0 aliphatic carbocycles. The molecule has 0 atom stereocenters. The second-order valence-corrected chi connectivity index (χ2v) is 4.88. The summed E-state index contributed by atoms with van der Waals surface area (Å²) >= 11 is 0. The molecule has 1 N–H and O–H groups in total. The van der Waals surface area contributed by atoms with E-state index in [2.05, 4.69) is 57.6 Å². The normalized spacial score (nSPS) is 11.3. The zero-order chi connectivity index (χ0) is 13.9. The van der Waals surface area contributed by atoms with E-state index < -0.39 is 0 Å². The third kappa shape index (κ3) is 2.32. The summed E-state index contributed by atoms with van der Waals surface area (Å²) in [5.41, 5.74) is 4.26. The zero-order valence-corrected chi connectivity index (χ0v) is 11.8. The highest BCUT2D eigenvalue weighted by molar-refractivity contribution is 5.83. The minimum absolute atomic E-state index is 0.683. The Kier molecular flexibility index (Phi) is 3.52. The highest BCUT2D eigenvalue weighted by atomic mass is 16.6. The maximum atomic E-state index is 4.78. The van der Waals surface area contributed by atoms with Crippen molar-refractivity contribution in [3.63, 3.8) is 0 Å². The van der Waals surface area contributed by atoms with E-state index in [4.69, 9.17) is 4.63 Å². The predicted molar refractivity (Wildman–Crippen MR) is 77.5 cm³/mol. The molecule has 0 unspecified atom stereocenters. The highest BCUT2D eigenvalue weighted by Crippen LogP contribution is 2.21. The van der Waals surface area contributed by atoms with Gasteiger partial charge in [-0.15, -0.1) is 0 Å². The summed E-state index contributed by atoms with van der Waals surface area (Å²) in [5, 5.41) is 12.4. The largest absolute Gasteiger partial charge is 0.341 e. The van der Waals surface area contributed by atoms with E-state index in [1.165, 1.54) is 16.5 Å². The summed E-state index contributed by atoms with van der Waals surface area (Å²) in [5.74, 6) is 0. The fourth-order valence-corrected chi connectivity index (χ4v) is 2.43. The Morgan fingerprint density at radius 2 is 2.15 bits per heavy atom. The molecule has 20 heavy (non-hydrogen) atoms. The monoisotopic (exact) mass is 270 g/mol. The second-order valence-electron chi connectivity index (χ2n) is 4.88. The molecule has 0 aliphatic heterocycles. The standard InChI is InChI=1S/C15H18N4O/c1-3-16-9-13-6-4-5-12-7-8-19(15(12)13)10-14-11(2)17-20-18-14/h4-8,16H,3,9-10H2,1-2H3. The first-order chi connectivity index (χ1) is 9.79. The van der Waals surface area contributed by atoms with Gasteiger partial charge in [-0.05, 0) is 30.5 Å². The molecule has 3 rings (SSSR count). The Balaban J connectivity index is 2.00. The summed E-state index contributed by atoms with van der Waals surface area (Å²) in [6.07, 6.45) is 2.09. The topological polar surface area (TPSA) is 55.9 Å². The first-order valence-corrected chi connectivity index (χ1v) is 6.85. The van der Waals surface area contributed by atoms with Gasteiger partial charge in [0, 0.05) is 12.7 Å². The van der Waals surface area contributed by atoms with Gasteiger partial charge >= 0.3 is 0 Å². The quantitative estimate of drug-likeness (QED) is 0.774. The van der Waals surface area contributed by atoms with Gasteiger partial charge in [-0.25, -0.2) is 4.63 Å². The van der Waals surface area contributed by atoms with E-state index in [-0.39, 0.29) is 0 Å². The van der Waals surface area contributed by atoms with Crippen LogP contribution in [0.5, 0.6) is 0 Å². The minimum Gasteiger partial charge on any atom is -0.341 e. The van der Waals surface area contributed by atoms with Gasteiger partial charge < -0.3 is 9.88 Å². The van der Waals surface area contributed by atoms with Crippen molar-refractivity contribution >= 4 is 10.9 Å². The lowest BCUT2D eigenvalue weighted by Crippen LogP contribution is -2.13. The van der Waals surface area contributed by atoms with Gasteiger partial charge in [-0.1, -0.05) is 35.4 Å². The second kappa shape index (κ2) is 5.46. The van der Waals surface area contributed by atoms with Gasteiger partial charge in [0.15, 0.2) is 0 Å². The molecule has 2 aromatic heterocycles. The molecule has 3 aromatic rings. The van der Waals surface area contributed by atoms with Crippen LogP contribution in [0.4, 0.5) is 0 Å². The van der Waals surface area contributed by atoms with Crippen LogP contribution in [0.15, 0.2) is 35.1 Å². The first kappa shape index (κ1) is 12.9. The van der Waals surface area contributed by atoms with Gasteiger partial charge in [0.05, 0.1) is 12.1 Å². The average molecular weight is 270 g/mol. The Morgan fingerprint density at radius 1 is 1.25 bits per heavy atom. The number of benzene rings is 1. The van der Waals surface area contributed by atoms with Gasteiger partial charge in [0.2, 0.25) is 0 Å². The SMILES string of the molecule is CCNCc1cccc2ccn(Cc3nonc3C)c12. The Bertz CT molecular complexity index is 714. The minimum atomic E-state index is 0.683. The predicted octanol–water partition coefficient (Wildman–Crippen LogP) is 2.49. The number of aryl methyl sites for hydroxylation is 1. The molecule has 0 amide bonds. The van der Waals surface area contributed by atoms with Crippen molar-refractivity contribution in [2.75, 3.05) is 6.54 Å². The molecule has 5 heteroatoms. The van der Waals surface area contributed by atoms with Crippen molar-refractivity contribution in [3.8, 4) is 0 Å². The smallest absolute Gasteiger partial charge is 0.127 e. The molecular weight excluding hydrogens is 252 g/mol. The summed E-state index contributed by atoms with van der Waals surface area (Å²) in [6, 6.07) is 8.53. The van der Waals surface area contributed by atoms with Gasteiger partial charge in [-0.3, -0.25) is 0 Å². The molecule has 2 heterocycles. The number of nitrogens with zero attached hydrogens (tertiary/aromatic N) is 3. The number of fused-ring (bicyclic) bond motifs is 1. The molecule has 0 saturated carbocycles. The summed E-state index contributed by atoms with van der Waals surface area (Å²) in [6.45, 7) is 6.54. The molecule has 0 spiro atoms. The fourth-order valence-electron chi connectivity index (χ4n) is 2.43. The molecule has 5 nitrogen and oxygen atoms in total. The van der Waals surface area contributed by atoms with Crippen molar-refractivity contribution in [2.45, 2.75) is 26.9 Å². The average Bonchev–Trinajstić information content (AvgIpc) is 3.05. The number of aromatic nitrogens is 3. The van der Waals surface area contributed by atoms with Crippen LogP contribution in [0.1, 0.15) is 23.9 Å². The van der Waals surface area contributed by atoms with Crippen LogP contribution in [0.25, 0.3) is 10.9 Å². The molecule has 0 radical (unpaired) electrons. The number of rotatable bonds is 5. The highest BCUT2D eigenvalue weighted by Gasteiger charge is 2.10. The van der Waals surface area contributed by atoms with Crippen molar-refractivity contribution in [1.29, 1.82) is 0 Å². The Labute approximate surface area is 117 Å². The van der Waals surface area contributed by atoms with Gasteiger partial charge in [0.1, 0.15) is 11.4 Å². The molecular formula is C15H18N4O. The van der Waals surface area contributed by atoms with Crippen LogP contribution in [0, 0.1) is 6.92 Å². The fraction of sp³-hybridized carbons (Fsp3) is 0.333. The van der Waals surface area contributed by atoms with Gasteiger partial charge in [-0.2, -0.15) is 0 Å². The van der Waals surface area contributed by atoms with E-state index in [1.54, 1.807) is 0 Å². The molecule has 104 valence electrons. The Morgan fingerprint density at radius 3 is 2.90 bits per heavy atom. The van der Waals surface area contributed by atoms with Crippen LogP contribution in [0.2, 0.25) is 0 Å². The zero-order valence-electron chi connectivity index (χ0n) is 11.8. The maximum Gasteiger partial charge on any atom is 0.127 e. The van der Waals surface area contributed by atoms with Crippen molar-refractivity contribution in [3.05, 3.63) is 47.4 Å². The number of nitrogens with one attached hydrogen (secondary N) is 1. The summed E-state index contributed by atoms with van der Waals surface area (Å²) < 4.78 is 6.98. The lowest BCUT2D eigenvalue weighted by Gasteiger charge is -2.09. The van der Waals surface area contributed by atoms with Crippen LogP contribution < -0.4 is 5.32 Å². The first-order valence-electron chi connectivity index (χ1n) is 6.85. The van der Waals surface area contributed by atoms with Crippen molar-refractivity contribution in [2.24, 2.45) is 0 Å². The summed E-state index contributed by atoms with van der Waals surface area (Å²) in [4.78, 5) is 0. The lowest BCUT2D eigenvalue weighted by atomic mass is 10.1. The third-order valence-corrected chi connectivity index (χ3v) is 3.50. The molecule has 0 fully saturated rings. The third-order valence-electron chi connectivity index (χ3n) is 3.50. The molecule has 0 bridgehead atoms. The van der Waals surface area contributed by atoms with E-state index in [0.29, 0.717) is 6.54 Å². The van der Waals surface area contributed by atoms with E-state index in [0.717, 1.165) is 24.5 Å². The Hall–Kier alpha value is -2.14. The molecule has 0 saturated heterocycles. The molecule has 0 aliphatic rings. The van der Waals surface area contributed by atoms with Crippen molar-refractivity contribution in [1.82, 2.24) is 20.2 Å². The van der Waals surface area contributed by atoms with E-state index in [9.17, 15) is 0 Å². The number of para-hydroxylation sites is 1. The van der Waals surface area contributed by atoms with E-state index in [1.807, 2.05) is 6.92 Å². The lowest BCUT2D eigenvalue weighted by molar-refractivity contribution is 0.300. The van der Waals surface area contributed by atoms with Crippen LogP contribution in [-0.2, 0) is 13.1 Å². The number of hydrogen-bond donors (Lipinski definition) is 1. The van der Waals surface area contributed by atoms with Crippen LogP contribution in [-0.4, -0.2) is 21.4 Å². The summed E-state index contributed by atoms with van der Waals surface area (Å²) in [7, 11) is 0. The van der Waals surface area contributed by atoms with Gasteiger partial charge in [0.25, 0.3) is 0 Å². The van der Waals surface area contributed by atoms with Crippen LogP contribution >= 0.6 is 0 Å². The van der Waals surface area contributed by atoms with Crippen LogP contribution in [0.3, 0.4) is 0 Å². The maximum absolute atomic E-state index is 4.78. The van der Waals surface area contributed by atoms with Crippen molar-refractivity contribution < 1.29 is 4.63 Å². The van der Waals surface area contributed by atoms with E-state index >= 15 is 0 Å². The molecule has 1 aromatic carbocycles.